The van der Waals surface area contributed by atoms with Crippen molar-refractivity contribution in [2.45, 2.75) is 38.3 Å². The van der Waals surface area contributed by atoms with E-state index in [9.17, 15) is 4.79 Å². The molecule has 0 aromatic rings. The molecule has 0 aliphatic heterocycles. The van der Waals surface area contributed by atoms with Crippen molar-refractivity contribution < 1.29 is 19.7 Å². The second-order valence-corrected chi connectivity index (χ2v) is 3.62. The van der Waals surface area contributed by atoms with Crippen LogP contribution in [-0.4, -0.2) is 48.6 Å². The highest BCUT2D eigenvalue weighted by Gasteiger charge is 2.11. The first-order chi connectivity index (χ1) is 7.10. The first kappa shape index (κ1) is 14.3. The lowest BCUT2D eigenvalue weighted by molar-refractivity contribution is -0.122. The topological polar surface area (TPSA) is 78.8 Å². The van der Waals surface area contributed by atoms with Crippen molar-refractivity contribution in [3.63, 3.8) is 0 Å². The van der Waals surface area contributed by atoms with Gasteiger partial charge in [0.25, 0.3) is 0 Å². The van der Waals surface area contributed by atoms with Gasteiger partial charge in [0.15, 0.2) is 0 Å². The Morgan fingerprint density at radius 2 is 2.13 bits per heavy atom. The zero-order chi connectivity index (χ0) is 11.7. The van der Waals surface area contributed by atoms with Crippen molar-refractivity contribution in [1.82, 2.24) is 5.32 Å². The van der Waals surface area contributed by atoms with Crippen LogP contribution in [0.25, 0.3) is 0 Å². The molecule has 0 radical (unpaired) electrons. The molecule has 5 nitrogen and oxygen atoms in total. The number of aliphatic hydroxyl groups is 2. The fourth-order valence-corrected chi connectivity index (χ4v) is 1.19. The molecule has 1 amide bonds. The number of carbonyl (C=O) groups is 1. The zero-order valence-corrected chi connectivity index (χ0v) is 9.40. The van der Waals surface area contributed by atoms with Crippen LogP contribution in [0.4, 0.5) is 0 Å². The van der Waals surface area contributed by atoms with Gasteiger partial charge in [0.05, 0.1) is 18.8 Å². The van der Waals surface area contributed by atoms with Gasteiger partial charge in [-0.2, -0.15) is 0 Å². The second-order valence-electron chi connectivity index (χ2n) is 3.62. The molecule has 2 atom stereocenters. The average molecular weight is 219 g/mol. The number of hydrogen-bond acceptors (Lipinski definition) is 4. The standard InChI is InChI=1S/C10H21NO4/c1-8(13)3-4-10(14)11-9(5-6-12)7-15-2/h8-9,12-13H,3-7H2,1-2H3,(H,11,14). The minimum atomic E-state index is -0.463. The molecule has 2 unspecified atom stereocenters. The third-order valence-electron chi connectivity index (χ3n) is 2.00. The molecule has 0 aliphatic carbocycles. The first-order valence-electron chi connectivity index (χ1n) is 5.17. The lowest BCUT2D eigenvalue weighted by Crippen LogP contribution is -2.38. The summed E-state index contributed by atoms with van der Waals surface area (Å²) in [5.41, 5.74) is 0. The van der Waals surface area contributed by atoms with E-state index in [-0.39, 0.29) is 18.6 Å². The van der Waals surface area contributed by atoms with E-state index in [1.165, 1.54) is 0 Å². The number of hydrogen-bond donors (Lipinski definition) is 3. The van der Waals surface area contributed by atoms with Crippen LogP contribution >= 0.6 is 0 Å². The number of methoxy groups -OCH3 is 1. The van der Waals surface area contributed by atoms with Crippen molar-refractivity contribution in [1.29, 1.82) is 0 Å². The SMILES string of the molecule is COCC(CCO)NC(=O)CCC(C)O. The Kier molecular flexibility index (Phi) is 8.27. The maximum absolute atomic E-state index is 11.3. The van der Waals surface area contributed by atoms with Crippen LogP contribution in [0.2, 0.25) is 0 Å². The molecule has 0 saturated carbocycles. The molecule has 0 fully saturated rings. The van der Waals surface area contributed by atoms with Crippen molar-refractivity contribution in [2.24, 2.45) is 0 Å². The van der Waals surface area contributed by atoms with Gasteiger partial charge in [0.1, 0.15) is 0 Å². The third kappa shape index (κ3) is 8.35. The largest absolute Gasteiger partial charge is 0.396 e. The van der Waals surface area contributed by atoms with Gasteiger partial charge in [-0.1, -0.05) is 0 Å². The fourth-order valence-electron chi connectivity index (χ4n) is 1.19. The molecule has 0 spiro atoms. The number of rotatable bonds is 8. The van der Waals surface area contributed by atoms with Crippen LogP contribution in [0.15, 0.2) is 0 Å². The maximum atomic E-state index is 11.3. The summed E-state index contributed by atoms with van der Waals surface area (Å²) in [6.45, 7) is 2.05. The molecule has 0 aromatic heterocycles. The van der Waals surface area contributed by atoms with Crippen molar-refractivity contribution >= 4 is 5.91 Å². The monoisotopic (exact) mass is 219 g/mol. The van der Waals surface area contributed by atoms with Crippen LogP contribution < -0.4 is 5.32 Å². The molecule has 0 heterocycles. The smallest absolute Gasteiger partial charge is 0.220 e. The highest BCUT2D eigenvalue weighted by molar-refractivity contribution is 5.76. The van der Waals surface area contributed by atoms with E-state index in [2.05, 4.69) is 5.32 Å². The summed E-state index contributed by atoms with van der Waals surface area (Å²) in [5.74, 6) is -0.119. The van der Waals surface area contributed by atoms with Crippen molar-refractivity contribution in [3.05, 3.63) is 0 Å². The van der Waals surface area contributed by atoms with Gasteiger partial charge in [-0.05, 0) is 19.8 Å². The van der Waals surface area contributed by atoms with Gasteiger partial charge in [-0.3, -0.25) is 4.79 Å². The predicted octanol–water partition coefficient (Wildman–Crippen LogP) is -0.339. The minimum absolute atomic E-state index is 0.0186. The van der Waals surface area contributed by atoms with Crippen LogP contribution in [0.1, 0.15) is 26.2 Å². The van der Waals surface area contributed by atoms with E-state index in [0.29, 0.717) is 25.9 Å². The van der Waals surface area contributed by atoms with Crippen molar-refractivity contribution in [3.8, 4) is 0 Å². The molecule has 15 heavy (non-hydrogen) atoms. The zero-order valence-electron chi connectivity index (χ0n) is 9.40. The van der Waals surface area contributed by atoms with Crippen LogP contribution in [-0.2, 0) is 9.53 Å². The number of nitrogens with one attached hydrogen (secondary N) is 1. The summed E-state index contributed by atoms with van der Waals surface area (Å²) in [6.07, 6.45) is 0.761. The summed E-state index contributed by atoms with van der Waals surface area (Å²) in [4.78, 5) is 11.3. The Bertz CT molecular complexity index is 167. The Labute approximate surface area is 90.4 Å². The number of amides is 1. The molecule has 3 N–H and O–H groups in total. The van der Waals surface area contributed by atoms with E-state index in [1.54, 1.807) is 14.0 Å². The first-order valence-corrected chi connectivity index (χ1v) is 5.17. The van der Waals surface area contributed by atoms with Crippen LogP contribution in [0.3, 0.4) is 0 Å². The lowest BCUT2D eigenvalue weighted by atomic mass is 10.2. The molecule has 5 heteroatoms. The lowest BCUT2D eigenvalue weighted by Gasteiger charge is -2.16. The number of aliphatic hydroxyl groups excluding tert-OH is 2. The highest BCUT2D eigenvalue weighted by Crippen LogP contribution is 1.98. The van der Waals surface area contributed by atoms with Gasteiger partial charge in [0, 0.05) is 20.1 Å². The third-order valence-corrected chi connectivity index (χ3v) is 2.00. The van der Waals surface area contributed by atoms with Crippen LogP contribution in [0.5, 0.6) is 0 Å². The van der Waals surface area contributed by atoms with E-state index in [0.717, 1.165) is 0 Å². The van der Waals surface area contributed by atoms with Crippen molar-refractivity contribution in [2.75, 3.05) is 20.3 Å². The average Bonchev–Trinajstić information content (AvgIpc) is 2.15. The van der Waals surface area contributed by atoms with E-state index in [4.69, 9.17) is 14.9 Å². The predicted molar refractivity (Wildman–Crippen MR) is 56.4 cm³/mol. The Hall–Kier alpha value is -0.650. The van der Waals surface area contributed by atoms with Gasteiger partial charge in [-0.25, -0.2) is 0 Å². The fraction of sp³-hybridized carbons (Fsp3) is 0.900. The Morgan fingerprint density at radius 3 is 2.60 bits per heavy atom. The molecule has 0 saturated heterocycles. The molecule has 0 rings (SSSR count). The number of ether oxygens (including phenoxy) is 1. The molecular weight excluding hydrogens is 198 g/mol. The highest BCUT2D eigenvalue weighted by atomic mass is 16.5. The molecule has 0 aliphatic rings. The molecular formula is C10H21NO4. The number of carbonyl (C=O) groups excluding carboxylic acids is 1. The van der Waals surface area contributed by atoms with Gasteiger partial charge in [-0.15, -0.1) is 0 Å². The molecule has 0 aromatic carbocycles. The summed E-state index contributed by atoms with van der Waals surface area (Å²) in [6, 6.07) is -0.151. The van der Waals surface area contributed by atoms with E-state index >= 15 is 0 Å². The van der Waals surface area contributed by atoms with Gasteiger partial charge in [0.2, 0.25) is 5.91 Å². The Morgan fingerprint density at radius 1 is 1.47 bits per heavy atom. The molecule has 0 bridgehead atoms. The summed E-state index contributed by atoms with van der Waals surface area (Å²) in [5, 5.41) is 20.5. The molecule has 90 valence electrons. The quantitative estimate of drug-likeness (QED) is 0.522. The maximum Gasteiger partial charge on any atom is 0.220 e. The van der Waals surface area contributed by atoms with E-state index < -0.39 is 6.10 Å². The van der Waals surface area contributed by atoms with E-state index in [1.807, 2.05) is 0 Å². The second kappa shape index (κ2) is 8.64. The minimum Gasteiger partial charge on any atom is -0.396 e. The van der Waals surface area contributed by atoms with Gasteiger partial charge >= 0.3 is 0 Å². The summed E-state index contributed by atoms with van der Waals surface area (Å²) in [7, 11) is 1.55. The normalized spacial score (nSPS) is 14.7. The Balaban J connectivity index is 3.77. The summed E-state index contributed by atoms with van der Waals surface area (Å²) < 4.78 is 4.91. The van der Waals surface area contributed by atoms with Gasteiger partial charge < -0.3 is 20.3 Å². The van der Waals surface area contributed by atoms with Crippen LogP contribution in [0, 0.1) is 0 Å². The summed E-state index contributed by atoms with van der Waals surface area (Å²) >= 11 is 0.